The van der Waals surface area contributed by atoms with Crippen LogP contribution < -0.4 is 10.5 Å². The topological polar surface area (TPSA) is 61.3 Å². The van der Waals surface area contributed by atoms with Crippen LogP contribution in [0.15, 0.2) is 28.8 Å². The molecule has 0 fully saturated rings. The van der Waals surface area contributed by atoms with Crippen LogP contribution in [0.5, 0.6) is 5.75 Å². The van der Waals surface area contributed by atoms with Crippen molar-refractivity contribution in [2.45, 2.75) is 26.7 Å². The van der Waals surface area contributed by atoms with Crippen LogP contribution in [-0.2, 0) is 6.42 Å². The SMILES string of the molecule is CCC(C)Cc1onc(N)c1-c1cccc(OC)c1. The molecule has 2 N–H and O–H groups in total. The lowest BCUT2D eigenvalue weighted by atomic mass is 9.97. The van der Waals surface area contributed by atoms with E-state index >= 15 is 0 Å². The van der Waals surface area contributed by atoms with E-state index in [1.165, 1.54) is 0 Å². The highest BCUT2D eigenvalue weighted by atomic mass is 16.5. The van der Waals surface area contributed by atoms with Crippen molar-refractivity contribution in [1.82, 2.24) is 5.16 Å². The first kappa shape index (κ1) is 13.5. The van der Waals surface area contributed by atoms with Gasteiger partial charge in [0.2, 0.25) is 0 Å². The maximum absolute atomic E-state index is 5.94. The molecule has 19 heavy (non-hydrogen) atoms. The molecule has 1 heterocycles. The predicted octanol–water partition coefficient (Wildman–Crippen LogP) is 3.52. The van der Waals surface area contributed by atoms with Crippen LogP contribution >= 0.6 is 0 Å². The number of hydrogen-bond acceptors (Lipinski definition) is 4. The minimum Gasteiger partial charge on any atom is -0.497 e. The molecule has 0 amide bonds. The Morgan fingerprint density at radius 1 is 1.42 bits per heavy atom. The van der Waals surface area contributed by atoms with Crippen LogP contribution in [0.3, 0.4) is 0 Å². The summed E-state index contributed by atoms with van der Waals surface area (Å²) in [5.41, 5.74) is 7.81. The summed E-state index contributed by atoms with van der Waals surface area (Å²) in [4.78, 5) is 0. The van der Waals surface area contributed by atoms with E-state index in [0.29, 0.717) is 11.7 Å². The monoisotopic (exact) mass is 260 g/mol. The van der Waals surface area contributed by atoms with Gasteiger partial charge in [0.05, 0.1) is 12.7 Å². The molecule has 4 heteroatoms. The second-order valence-electron chi connectivity index (χ2n) is 4.82. The minimum atomic E-state index is 0.437. The number of benzene rings is 1. The Hall–Kier alpha value is -1.97. The molecular formula is C15H20N2O2. The highest BCUT2D eigenvalue weighted by molar-refractivity contribution is 5.76. The highest BCUT2D eigenvalue weighted by Gasteiger charge is 2.17. The van der Waals surface area contributed by atoms with Crippen LogP contribution in [0.1, 0.15) is 26.0 Å². The Kier molecular flexibility index (Phi) is 4.10. The van der Waals surface area contributed by atoms with Gasteiger partial charge in [-0.3, -0.25) is 0 Å². The minimum absolute atomic E-state index is 0.437. The van der Waals surface area contributed by atoms with Gasteiger partial charge in [0, 0.05) is 6.42 Å². The zero-order chi connectivity index (χ0) is 13.8. The zero-order valence-electron chi connectivity index (χ0n) is 11.6. The Bertz CT molecular complexity index is 549. The van der Waals surface area contributed by atoms with Crippen molar-refractivity contribution in [3.05, 3.63) is 30.0 Å². The van der Waals surface area contributed by atoms with Crippen molar-refractivity contribution in [1.29, 1.82) is 0 Å². The number of methoxy groups -OCH3 is 1. The van der Waals surface area contributed by atoms with E-state index in [1.807, 2.05) is 24.3 Å². The molecule has 1 aromatic heterocycles. The number of ether oxygens (including phenoxy) is 1. The lowest BCUT2D eigenvalue weighted by molar-refractivity contribution is 0.364. The molecule has 1 atom stereocenters. The van der Waals surface area contributed by atoms with E-state index < -0.39 is 0 Å². The Balaban J connectivity index is 2.40. The molecule has 0 bridgehead atoms. The molecule has 0 saturated carbocycles. The summed E-state index contributed by atoms with van der Waals surface area (Å²) in [7, 11) is 1.65. The summed E-state index contributed by atoms with van der Waals surface area (Å²) in [5, 5.41) is 3.90. The van der Waals surface area contributed by atoms with Gasteiger partial charge in [-0.2, -0.15) is 0 Å². The second-order valence-corrected chi connectivity index (χ2v) is 4.82. The molecule has 1 unspecified atom stereocenters. The van der Waals surface area contributed by atoms with Crippen molar-refractivity contribution >= 4 is 5.82 Å². The Morgan fingerprint density at radius 2 is 2.21 bits per heavy atom. The Morgan fingerprint density at radius 3 is 2.89 bits per heavy atom. The van der Waals surface area contributed by atoms with E-state index in [9.17, 15) is 0 Å². The molecule has 2 rings (SSSR count). The highest BCUT2D eigenvalue weighted by Crippen LogP contribution is 2.33. The molecule has 4 nitrogen and oxygen atoms in total. The molecule has 0 radical (unpaired) electrons. The fourth-order valence-corrected chi connectivity index (χ4v) is 2.03. The number of aromatic nitrogens is 1. The average molecular weight is 260 g/mol. The van der Waals surface area contributed by atoms with Crippen LogP contribution in [0.4, 0.5) is 5.82 Å². The summed E-state index contributed by atoms with van der Waals surface area (Å²) in [6, 6.07) is 7.78. The number of nitrogen functional groups attached to an aromatic ring is 1. The Labute approximate surface area is 113 Å². The average Bonchev–Trinajstić information content (AvgIpc) is 2.79. The third-order valence-electron chi connectivity index (χ3n) is 3.38. The van der Waals surface area contributed by atoms with Crippen molar-refractivity contribution in [3.8, 4) is 16.9 Å². The first-order valence-corrected chi connectivity index (χ1v) is 6.54. The van der Waals surface area contributed by atoms with Crippen LogP contribution in [0.2, 0.25) is 0 Å². The molecule has 0 aliphatic carbocycles. The van der Waals surface area contributed by atoms with Gasteiger partial charge in [0.25, 0.3) is 0 Å². The maximum atomic E-state index is 5.94. The van der Waals surface area contributed by atoms with Gasteiger partial charge in [-0.25, -0.2) is 0 Å². The first-order valence-electron chi connectivity index (χ1n) is 6.54. The zero-order valence-corrected chi connectivity index (χ0v) is 11.6. The number of anilines is 1. The van der Waals surface area contributed by atoms with E-state index in [4.69, 9.17) is 15.0 Å². The molecule has 0 spiro atoms. The van der Waals surface area contributed by atoms with Crippen LogP contribution in [0.25, 0.3) is 11.1 Å². The second kappa shape index (κ2) is 5.78. The van der Waals surface area contributed by atoms with Crippen LogP contribution in [0, 0.1) is 5.92 Å². The molecule has 0 saturated heterocycles. The van der Waals surface area contributed by atoms with Crippen molar-refractivity contribution < 1.29 is 9.26 Å². The van der Waals surface area contributed by atoms with Gasteiger partial charge in [0.1, 0.15) is 11.5 Å². The molecule has 2 aromatic rings. The molecule has 1 aromatic carbocycles. The predicted molar refractivity (Wildman–Crippen MR) is 76.1 cm³/mol. The van der Waals surface area contributed by atoms with E-state index in [-0.39, 0.29) is 0 Å². The number of hydrogen-bond donors (Lipinski definition) is 1. The number of nitrogens with zero attached hydrogens (tertiary/aromatic N) is 1. The van der Waals surface area contributed by atoms with Gasteiger partial charge < -0.3 is 15.0 Å². The number of rotatable bonds is 5. The van der Waals surface area contributed by atoms with Gasteiger partial charge in [-0.05, 0) is 23.6 Å². The fourth-order valence-electron chi connectivity index (χ4n) is 2.03. The third kappa shape index (κ3) is 2.89. The summed E-state index contributed by atoms with van der Waals surface area (Å²) in [6.45, 7) is 4.35. The smallest absolute Gasteiger partial charge is 0.175 e. The standard InChI is InChI=1S/C15H20N2O2/c1-4-10(2)8-13-14(15(16)17-19-13)11-6-5-7-12(9-11)18-3/h5-7,9-10H,4,8H2,1-3H3,(H2,16,17). The summed E-state index contributed by atoms with van der Waals surface area (Å²) < 4.78 is 10.6. The van der Waals surface area contributed by atoms with Gasteiger partial charge in [-0.15, -0.1) is 0 Å². The van der Waals surface area contributed by atoms with E-state index in [0.717, 1.165) is 35.5 Å². The largest absolute Gasteiger partial charge is 0.497 e. The summed E-state index contributed by atoms with van der Waals surface area (Å²) in [5.74, 6) is 2.62. The van der Waals surface area contributed by atoms with E-state index in [2.05, 4.69) is 19.0 Å². The summed E-state index contributed by atoms with van der Waals surface area (Å²) in [6.07, 6.45) is 1.94. The van der Waals surface area contributed by atoms with Gasteiger partial charge in [0.15, 0.2) is 5.82 Å². The quantitative estimate of drug-likeness (QED) is 0.893. The van der Waals surface area contributed by atoms with Crippen molar-refractivity contribution in [2.75, 3.05) is 12.8 Å². The van der Waals surface area contributed by atoms with Crippen molar-refractivity contribution in [2.24, 2.45) is 5.92 Å². The normalized spacial score (nSPS) is 12.4. The van der Waals surface area contributed by atoms with Crippen LogP contribution in [-0.4, -0.2) is 12.3 Å². The maximum Gasteiger partial charge on any atom is 0.175 e. The number of nitrogens with two attached hydrogens (primary N) is 1. The van der Waals surface area contributed by atoms with Crippen molar-refractivity contribution in [3.63, 3.8) is 0 Å². The first-order chi connectivity index (χ1) is 9.15. The molecule has 0 aliphatic rings. The van der Waals surface area contributed by atoms with E-state index in [1.54, 1.807) is 7.11 Å². The third-order valence-corrected chi connectivity index (χ3v) is 3.38. The summed E-state index contributed by atoms with van der Waals surface area (Å²) >= 11 is 0. The molecule has 0 aliphatic heterocycles. The lowest BCUT2D eigenvalue weighted by Crippen LogP contribution is -1.99. The lowest BCUT2D eigenvalue weighted by Gasteiger charge is -2.08. The molecular weight excluding hydrogens is 240 g/mol. The van der Waals surface area contributed by atoms with Gasteiger partial charge >= 0.3 is 0 Å². The fraction of sp³-hybridized carbons (Fsp3) is 0.400. The van der Waals surface area contributed by atoms with Gasteiger partial charge in [-0.1, -0.05) is 37.6 Å². The molecule has 102 valence electrons.